The number of aliphatic carboxylic acids is 1. The summed E-state index contributed by atoms with van der Waals surface area (Å²) in [4.78, 5) is 21.8. The van der Waals surface area contributed by atoms with E-state index in [4.69, 9.17) is 5.11 Å². The molecule has 0 rings (SSSR count). The van der Waals surface area contributed by atoms with Crippen molar-refractivity contribution in [3.8, 4) is 0 Å². The summed E-state index contributed by atoms with van der Waals surface area (Å²) in [6, 6.07) is 0. The van der Waals surface area contributed by atoms with Gasteiger partial charge in [0.1, 0.15) is 0 Å². The molecule has 0 aliphatic rings. The number of carboxylic acid groups (broad SMARTS) is 1. The van der Waals surface area contributed by atoms with Gasteiger partial charge >= 0.3 is 5.97 Å². The van der Waals surface area contributed by atoms with Crippen LogP contribution in [0.5, 0.6) is 0 Å². The first-order chi connectivity index (χ1) is 7.87. The van der Waals surface area contributed by atoms with E-state index in [0.717, 1.165) is 6.42 Å². The third-order valence-electron chi connectivity index (χ3n) is 2.74. The fraction of sp³-hybridized carbons (Fsp3) is 0.833. The van der Waals surface area contributed by atoms with Crippen LogP contribution < -0.4 is 10.6 Å². The van der Waals surface area contributed by atoms with Crippen molar-refractivity contribution >= 4 is 11.9 Å². The van der Waals surface area contributed by atoms with E-state index in [1.165, 1.54) is 0 Å². The summed E-state index contributed by atoms with van der Waals surface area (Å²) in [6.07, 6.45) is 2.09. The zero-order valence-corrected chi connectivity index (χ0v) is 11.0. The number of amides is 1. The van der Waals surface area contributed by atoms with Gasteiger partial charge in [-0.25, -0.2) is 0 Å². The lowest BCUT2D eigenvalue weighted by Crippen LogP contribution is -2.30. The summed E-state index contributed by atoms with van der Waals surface area (Å²) in [5, 5.41) is 14.4. The van der Waals surface area contributed by atoms with Crippen LogP contribution in [0.1, 0.15) is 39.5 Å². The highest BCUT2D eigenvalue weighted by Crippen LogP contribution is 2.25. The number of hydrogen-bond donors (Lipinski definition) is 3. The van der Waals surface area contributed by atoms with Crippen LogP contribution in [0.15, 0.2) is 0 Å². The lowest BCUT2D eigenvalue weighted by molar-refractivity contribution is -0.137. The molecule has 0 saturated carbocycles. The Hall–Kier alpha value is -1.10. The van der Waals surface area contributed by atoms with E-state index in [2.05, 4.69) is 10.6 Å². The molecule has 0 saturated heterocycles. The molecule has 0 aliphatic heterocycles. The number of carbonyl (C=O) groups is 2. The molecule has 0 aromatic heterocycles. The smallest absolute Gasteiger partial charge is 0.303 e. The van der Waals surface area contributed by atoms with Crippen molar-refractivity contribution in [2.75, 3.05) is 20.1 Å². The molecule has 0 aromatic carbocycles. The van der Waals surface area contributed by atoms with Crippen molar-refractivity contribution in [1.29, 1.82) is 0 Å². The van der Waals surface area contributed by atoms with Crippen LogP contribution in [0.25, 0.3) is 0 Å². The van der Waals surface area contributed by atoms with Crippen molar-refractivity contribution in [3.63, 3.8) is 0 Å². The van der Waals surface area contributed by atoms with Gasteiger partial charge in [-0.2, -0.15) is 0 Å². The molecule has 0 aromatic rings. The summed E-state index contributed by atoms with van der Waals surface area (Å²) in [7, 11) is 1.81. The average Bonchev–Trinajstić information content (AvgIpc) is 2.23. The van der Waals surface area contributed by atoms with Gasteiger partial charge in [0.25, 0.3) is 0 Å². The molecule has 0 unspecified atom stereocenters. The summed E-state index contributed by atoms with van der Waals surface area (Å²) in [5.74, 6) is -0.732. The molecular formula is C12H24N2O3. The van der Waals surface area contributed by atoms with Crippen LogP contribution in [0.2, 0.25) is 0 Å². The normalized spacial score (nSPS) is 11.2. The molecule has 17 heavy (non-hydrogen) atoms. The van der Waals surface area contributed by atoms with E-state index in [1.807, 2.05) is 20.9 Å². The van der Waals surface area contributed by atoms with Crippen LogP contribution >= 0.6 is 0 Å². The highest BCUT2D eigenvalue weighted by atomic mass is 16.4. The third kappa shape index (κ3) is 9.81. The minimum Gasteiger partial charge on any atom is -0.481 e. The average molecular weight is 244 g/mol. The maximum atomic E-state index is 11.3. The number of nitrogens with one attached hydrogen (secondary N) is 2. The van der Waals surface area contributed by atoms with Gasteiger partial charge in [-0.15, -0.1) is 0 Å². The SMILES string of the molecule is CNCCC(=O)NCCC(C)(C)CCC(=O)O. The van der Waals surface area contributed by atoms with Gasteiger partial charge in [-0.3, -0.25) is 9.59 Å². The number of rotatable bonds is 9. The summed E-state index contributed by atoms with van der Waals surface area (Å²) >= 11 is 0. The number of carbonyl (C=O) groups excluding carboxylic acids is 1. The van der Waals surface area contributed by atoms with Gasteiger partial charge < -0.3 is 15.7 Å². The molecule has 0 aliphatic carbocycles. The summed E-state index contributed by atoms with van der Waals surface area (Å²) in [6.45, 7) is 5.33. The van der Waals surface area contributed by atoms with Crippen molar-refractivity contribution in [2.24, 2.45) is 5.41 Å². The highest BCUT2D eigenvalue weighted by Gasteiger charge is 2.18. The summed E-state index contributed by atoms with van der Waals surface area (Å²) in [5.41, 5.74) is -0.0469. The van der Waals surface area contributed by atoms with E-state index in [-0.39, 0.29) is 17.7 Å². The first-order valence-electron chi connectivity index (χ1n) is 6.00. The highest BCUT2D eigenvalue weighted by molar-refractivity contribution is 5.76. The molecule has 0 atom stereocenters. The Morgan fingerprint density at radius 1 is 1.12 bits per heavy atom. The van der Waals surface area contributed by atoms with Crippen LogP contribution in [-0.2, 0) is 9.59 Å². The van der Waals surface area contributed by atoms with Crippen molar-refractivity contribution in [1.82, 2.24) is 10.6 Å². The molecular weight excluding hydrogens is 220 g/mol. The van der Waals surface area contributed by atoms with Crippen molar-refractivity contribution in [2.45, 2.75) is 39.5 Å². The third-order valence-corrected chi connectivity index (χ3v) is 2.74. The Morgan fingerprint density at radius 3 is 2.29 bits per heavy atom. The Bertz CT molecular complexity index is 252. The predicted octanol–water partition coefficient (Wildman–Crippen LogP) is 0.993. The van der Waals surface area contributed by atoms with Crippen LogP contribution in [0.3, 0.4) is 0 Å². The number of hydrogen-bond acceptors (Lipinski definition) is 3. The van der Waals surface area contributed by atoms with E-state index in [0.29, 0.717) is 25.9 Å². The van der Waals surface area contributed by atoms with Gasteiger partial charge in [-0.1, -0.05) is 13.8 Å². The second-order valence-corrected chi connectivity index (χ2v) is 5.01. The Kier molecular flexibility index (Phi) is 7.54. The standard InChI is InChI=1S/C12H24N2O3/c1-12(2,6-4-11(16)17)7-9-14-10(15)5-8-13-3/h13H,4-9H2,1-3H3,(H,14,15)(H,16,17). The van der Waals surface area contributed by atoms with E-state index >= 15 is 0 Å². The Labute approximate surface area is 103 Å². The fourth-order valence-corrected chi connectivity index (χ4v) is 1.44. The lowest BCUT2D eigenvalue weighted by atomic mass is 9.84. The van der Waals surface area contributed by atoms with Crippen LogP contribution in [-0.4, -0.2) is 37.1 Å². The zero-order valence-electron chi connectivity index (χ0n) is 11.0. The fourth-order valence-electron chi connectivity index (χ4n) is 1.44. The van der Waals surface area contributed by atoms with Crippen molar-refractivity contribution in [3.05, 3.63) is 0 Å². The minimum absolute atomic E-state index is 0.0355. The maximum absolute atomic E-state index is 11.3. The maximum Gasteiger partial charge on any atom is 0.303 e. The Morgan fingerprint density at radius 2 is 1.76 bits per heavy atom. The summed E-state index contributed by atoms with van der Waals surface area (Å²) < 4.78 is 0. The molecule has 3 N–H and O–H groups in total. The lowest BCUT2D eigenvalue weighted by Gasteiger charge is -2.23. The molecule has 0 fully saturated rings. The molecule has 1 amide bonds. The van der Waals surface area contributed by atoms with E-state index in [9.17, 15) is 9.59 Å². The topological polar surface area (TPSA) is 78.4 Å². The van der Waals surface area contributed by atoms with Gasteiger partial charge in [0.2, 0.25) is 5.91 Å². The van der Waals surface area contributed by atoms with E-state index < -0.39 is 5.97 Å². The van der Waals surface area contributed by atoms with Gasteiger partial charge in [0, 0.05) is 25.9 Å². The quantitative estimate of drug-likeness (QED) is 0.565. The van der Waals surface area contributed by atoms with Crippen LogP contribution in [0, 0.1) is 5.41 Å². The van der Waals surface area contributed by atoms with Gasteiger partial charge in [-0.05, 0) is 25.3 Å². The molecule has 0 radical (unpaired) electrons. The van der Waals surface area contributed by atoms with Crippen LogP contribution in [0.4, 0.5) is 0 Å². The second kappa shape index (κ2) is 8.06. The van der Waals surface area contributed by atoms with Gasteiger partial charge in [0.15, 0.2) is 0 Å². The molecule has 0 bridgehead atoms. The van der Waals surface area contributed by atoms with Crippen molar-refractivity contribution < 1.29 is 14.7 Å². The predicted molar refractivity (Wildman–Crippen MR) is 66.8 cm³/mol. The second-order valence-electron chi connectivity index (χ2n) is 5.01. The molecule has 0 spiro atoms. The first-order valence-corrected chi connectivity index (χ1v) is 6.00. The molecule has 100 valence electrons. The zero-order chi connectivity index (χ0) is 13.3. The van der Waals surface area contributed by atoms with Gasteiger partial charge in [0.05, 0.1) is 0 Å². The first kappa shape index (κ1) is 15.9. The monoisotopic (exact) mass is 244 g/mol. The molecule has 0 heterocycles. The minimum atomic E-state index is -0.767. The van der Waals surface area contributed by atoms with E-state index in [1.54, 1.807) is 0 Å². The number of carboxylic acids is 1. The largest absolute Gasteiger partial charge is 0.481 e. The molecule has 5 heteroatoms. The molecule has 5 nitrogen and oxygen atoms in total. The Balaban J connectivity index is 3.70.